The van der Waals surface area contributed by atoms with E-state index in [4.69, 9.17) is 9.47 Å². The number of Topliss-reactive ketones (excluding diaryl/α,β-unsaturated/α-hetero) is 1. The van der Waals surface area contributed by atoms with E-state index in [0.717, 1.165) is 44.3 Å². The highest BCUT2D eigenvalue weighted by Crippen LogP contribution is 2.42. The first-order valence-corrected chi connectivity index (χ1v) is 10.7. The Morgan fingerprint density at radius 1 is 1.19 bits per heavy atom. The fourth-order valence-electron chi connectivity index (χ4n) is 4.37. The van der Waals surface area contributed by atoms with Gasteiger partial charge in [-0.3, -0.25) is 4.79 Å². The van der Waals surface area contributed by atoms with E-state index in [1.807, 2.05) is 12.2 Å². The van der Waals surface area contributed by atoms with Gasteiger partial charge < -0.3 is 9.47 Å². The van der Waals surface area contributed by atoms with Gasteiger partial charge in [0, 0.05) is 18.6 Å². The number of rotatable bonds is 9. The minimum absolute atomic E-state index is 0.0513. The summed E-state index contributed by atoms with van der Waals surface area (Å²) in [5, 5.41) is 0. The van der Waals surface area contributed by atoms with Gasteiger partial charge in [-0.25, -0.2) is 0 Å². The Balaban J connectivity index is 1.56. The highest BCUT2D eigenvalue weighted by molar-refractivity contribution is 6.01. The predicted octanol–water partition coefficient (Wildman–Crippen LogP) is 5.66. The van der Waals surface area contributed by atoms with Crippen molar-refractivity contribution in [2.24, 2.45) is 5.92 Å². The van der Waals surface area contributed by atoms with Crippen LogP contribution in [0.4, 0.5) is 0 Å². The second-order valence-corrected chi connectivity index (χ2v) is 7.87. The lowest BCUT2D eigenvalue weighted by atomic mass is 10.1. The molecule has 1 saturated heterocycles. The molecular formula is C23H34O3. The van der Waals surface area contributed by atoms with Gasteiger partial charge in [0.1, 0.15) is 0 Å². The Bertz CT molecular complexity index is 552. The van der Waals surface area contributed by atoms with Crippen molar-refractivity contribution < 1.29 is 14.3 Å². The SMILES string of the molecule is CCCCCC(/C=C/C=C/C1=C2CCCC2CC1=O)OC1CCCCO1. The fraction of sp³-hybridized carbons (Fsp3) is 0.696. The molecule has 2 aliphatic carbocycles. The van der Waals surface area contributed by atoms with E-state index in [1.54, 1.807) is 0 Å². The third-order valence-corrected chi connectivity index (χ3v) is 5.83. The number of unbranched alkanes of at least 4 members (excludes halogenated alkanes) is 2. The summed E-state index contributed by atoms with van der Waals surface area (Å²) < 4.78 is 11.9. The normalized spacial score (nSPS) is 27.8. The molecule has 3 heteroatoms. The summed E-state index contributed by atoms with van der Waals surface area (Å²) in [5.74, 6) is 0.875. The van der Waals surface area contributed by atoms with Crippen molar-refractivity contribution in [1.29, 1.82) is 0 Å². The van der Waals surface area contributed by atoms with Crippen molar-refractivity contribution in [1.82, 2.24) is 0 Å². The summed E-state index contributed by atoms with van der Waals surface area (Å²) in [6.07, 6.45) is 20.6. The Kier molecular flexibility index (Phi) is 7.69. The molecule has 1 heterocycles. The van der Waals surface area contributed by atoms with Gasteiger partial charge in [-0.1, -0.05) is 56.1 Å². The van der Waals surface area contributed by atoms with Crippen LogP contribution in [-0.2, 0) is 14.3 Å². The number of allylic oxidation sites excluding steroid dienone is 5. The van der Waals surface area contributed by atoms with Crippen LogP contribution in [0.5, 0.6) is 0 Å². The summed E-state index contributed by atoms with van der Waals surface area (Å²) in [4.78, 5) is 12.2. The number of ketones is 1. The monoisotopic (exact) mass is 358 g/mol. The smallest absolute Gasteiger partial charge is 0.163 e. The molecule has 26 heavy (non-hydrogen) atoms. The first-order chi connectivity index (χ1) is 12.8. The van der Waals surface area contributed by atoms with Gasteiger partial charge >= 0.3 is 0 Å². The maximum Gasteiger partial charge on any atom is 0.163 e. The van der Waals surface area contributed by atoms with Crippen LogP contribution in [0, 0.1) is 5.92 Å². The Hall–Kier alpha value is -1.19. The Labute approximate surface area is 158 Å². The molecule has 0 aromatic rings. The quantitative estimate of drug-likeness (QED) is 0.394. The lowest BCUT2D eigenvalue weighted by molar-refractivity contribution is -0.179. The van der Waals surface area contributed by atoms with Gasteiger partial charge in [-0.2, -0.15) is 0 Å². The van der Waals surface area contributed by atoms with Crippen molar-refractivity contribution in [3.05, 3.63) is 35.5 Å². The molecule has 0 radical (unpaired) electrons. The minimum Gasteiger partial charge on any atom is -0.353 e. The highest BCUT2D eigenvalue weighted by atomic mass is 16.7. The van der Waals surface area contributed by atoms with Gasteiger partial charge in [0.15, 0.2) is 12.1 Å². The molecular weight excluding hydrogens is 324 g/mol. The van der Waals surface area contributed by atoms with Gasteiger partial charge in [-0.15, -0.1) is 0 Å². The van der Waals surface area contributed by atoms with Crippen molar-refractivity contribution in [3.63, 3.8) is 0 Å². The van der Waals surface area contributed by atoms with Crippen molar-refractivity contribution in [3.8, 4) is 0 Å². The van der Waals surface area contributed by atoms with E-state index in [0.29, 0.717) is 11.7 Å². The number of ether oxygens (including phenoxy) is 2. The number of hydrogen-bond donors (Lipinski definition) is 0. The van der Waals surface area contributed by atoms with Gasteiger partial charge in [-0.05, 0) is 50.9 Å². The van der Waals surface area contributed by atoms with E-state index in [9.17, 15) is 4.79 Å². The third-order valence-electron chi connectivity index (χ3n) is 5.83. The van der Waals surface area contributed by atoms with Crippen molar-refractivity contribution in [2.45, 2.75) is 89.9 Å². The van der Waals surface area contributed by atoms with Gasteiger partial charge in [0.05, 0.1) is 6.10 Å². The lowest BCUT2D eigenvalue weighted by Gasteiger charge is -2.26. The molecule has 0 spiro atoms. The summed E-state index contributed by atoms with van der Waals surface area (Å²) >= 11 is 0. The molecule has 3 aliphatic rings. The average molecular weight is 359 g/mol. The van der Waals surface area contributed by atoms with Crippen LogP contribution in [0.25, 0.3) is 0 Å². The van der Waals surface area contributed by atoms with Gasteiger partial charge in [0.2, 0.25) is 0 Å². The molecule has 3 unspecified atom stereocenters. The first-order valence-electron chi connectivity index (χ1n) is 10.7. The van der Waals surface area contributed by atoms with Crippen LogP contribution in [0.3, 0.4) is 0 Å². The molecule has 0 amide bonds. The number of hydrogen-bond acceptors (Lipinski definition) is 3. The largest absolute Gasteiger partial charge is 0.353 e. The van der Waals surface area contributed by atoms with E-state index in [-0.39, 0.29) is 12.4 Å². The molecule has 2 fully saturated rings. The van der Waals surface area contributed by atoms with Crippen molar-refractivity contribution >= 4 is 5.78 Å². The van der Waals surface area contributed by atoms with E-state index < -0.39 is 0 Å². The zero-order valence-electron chi connectivity index (χ0n) is 16.3. The Morgan fingerprint density at radius 2 is 2.12 bits per heavy atom. The maximum absolute atomic E-state index is 12.2. The second-order valence-electron chi connectivity index (χ2n) is 7.87. The minimum atomic E-state index is -0.0513. The van der Waals surface area contributed by atoms with Crippen LogP contribution in [0.2, 0.25) is 0 Å². The summed E-state index contributed by atoms with van der Waals surface area (Å²) in [5.41, 5.74) is 2.39. The van der Waals surface area contributed by atoms with E-state index in [1.165, 1.54) is 44.1 Å². The number of carbonyl (C=O) groups excluding carboxylic acids is 1. The zero-order valence-corrected chi connectivity index (χ0v) is 16.3. The summed E-state index contributed by atoms with van der Waals surface area (Å²) in [7, 11) is 0. The van der Waals surface area contributed by atoms with Crippen LogP contribution in [0.1, 0.15) is 77.6 Å². The molecule has 1 saturated carbocycles. The average Bonchev–Trinajstić information content (AvgIpc) is 3.21. The number of fused-ring (bicyclic) bond motifs is 1. The first kappa shape index (κ1) is 19.6. The molecule has 3 rings (SSSR count). The second kappa shape index (κ2) is 10.2. The molecule has 3 nitrogen and oxygen atoms in total. The standard InChI is InChI=1S/C23H34O3/c1-2-3-4-11-19(26-23-15-7-8-16-25-23)12-5-6-13-21-20-14-9-10-18(20)17-22(21)24/h5-6,12-13,18-19,23H,2-4,7-11,14-17H2,1H3/b12-5+,13-6+. The predicted molar refractivity (Wildman–Crippen MR) is 105 cm³/mol. The molecule has 0 aromatic heterocycles. The topological polar surface area (TPSA) is 35.5 Å². The summed E-state index contributed by atoms with van der Waals surface area (Å²) in [6, 6.07) is 0. The molecule has 144 valence electrons. The highest BCUT2D eigenvalue weighted by Gasteiger charge is 2.33. The van der Waals surface area contributed by atoms with Crippen LogP contribution in [-0.4, -0.2) is 24.8 Å². The molecule has 0 N–H and O–H groups in total. The molecule has 3 atom stereocenters. The van der Waals surface area contributed by atoms with Crippen LogP contribution < -0.4 is 0 Å². The summed E-state index contributed by atoms with van der Waals surface area (Å²) in [6.45, 7) is 3.04. The molecule has 0 bridgehead atoms. The molecule has 0 aromatic carbocycles. The van der Waals surface area contributed by atoms with Crippen LogP contribution in [0.15, 0.2) is 35.5 Å². The fourth-order valence-corrected chi connectivity index (χ4v) is 4.37. The van der Waals surface area contributed by atoms with Gasteiger partial charge in [0.25, 0.3) is 0 Å². The maximum atomic E-state index is 12.2. The van der Waals surface area contributed by atoms with Crippen LogP contribution >= 0.6 is 0 Å². The van der Waals surface area contributed by atoms with E-state index >= 15 is 0 Å². The molecule has 1 aliphatic heterocycles. The van der Waals surface area contributed by atoms with Crippen molar-refractivity contribution in [2.75, 3.05) is 6.61 Å². The van der Waals surface area contributed by atoms with E-state index in [2.05, 4.69) is 19.1 Å². The third kappa shape index (κ3) is 5.40. The number of carbonyl (C=O) groups is 1. The lowest BCUT2D eigenvalue weighted by Crippen LogP contribution is -2.27. The zero-order chi connectivity index (χ0) is 18.2. The Morgan fingerprint density at radius 3 is 2.92 bits per heavy atom.